The Labute approximate surface area is 128 Å². The number of para-hydroxylation sites is 1. The Hall–Kier alpha value is -2.57. The number of aromatic amines is 1. The molecule has 1 aromatic carbocycles. The van der Waals surface area contributed by atoms with Crippen molar-refractivity contribution >= 4 is 5.91 Å². The first-order valence-electron chi connectivity index (χ1n) is 7.13. The van der Waals surface area contributed by atoms with Crippen LogP contribution in [0.3, 0.4) is 0 Å². The first-order chi connectivity index (χ1) is 10.7. The van der Waals surface area contributed by atoms with Crippen LogP contribution in [0.25, 0.3) is 0 Å². The van der Waals surface area contributed by atoms with Gasteiger partial charge in [-0.15, -0.1) is 0 Å². The Bertz CT molecular complexity index is 683. The van der Waals surface area contributed by atoms with E-state index in [4.69, 9.17) is 9.47 Å². The number of carbonyl (C=O) groups is 1. The van der Waals surface area contributed by atoms with Gasteiger partial charge in [-0.05, 0) is 25.0 Å². The average molecular weight is 302 g/mol. The molecule has 0 fully saturated rings. The van der Waals surface area contributed by atoms with Crippen molar-refractivity contribution in [3.63, 3.8) is 0 Å². The highest BCUT2D eigenvalue weighted by Gasteiger charge is 2.23. The van der Waals surface area contributed by atoms with E-state index in [9.17, 15) is 4.79 Å². The number of ether oxygens (including phenoxy) is 2. The normalized spacial score (nSPS) is 16.5. The van der Waals surface area contributed by atoms with E-state index in [1.807, 2.05) is 18.2 Å². The second-order valence-electron chi connectivity index (χ2n) is 5.30. The van der Waals surface area contributed by atoms with E-state index in [1.54, 1.807) is 14.0 Å². The minimum atomic E-state index is -0.220. The molecule has 7 heteroatoms. The van der Waals surface area contributed by atoms with Crippen molar-refractivity contribution in [2.45, 2.75) is 13.3 Å². The minimum absolute atomic E-state index is 0.218. The van der Waals surface area contributed by atoms with Crippen LogP contribution in [-0.2, 0) is 6.42 Å². The van der Waals surface area contributed by atoms with E-state index < -0.39 is 0 Å². The molecule has 1 unspecified atom stereocenters. The lowest BCUT2D eigenvalue weighted by molar-refractivity contribution is 0.0933. The van der Waals surface area contributed by atoms with Crippen LogP contribution in [0.5, 0.6) is 11.5 Å². The van der Waals surface area contributed by atoms with Crippen LogP contribution in [-0.4, -0.2) is 41.6 Å². The summed E-state index contributed by atoms with van der Waals surface area (Å²) >= 11 is 0. The second kappa shape index (κ2) is 6.05. The summed E-state index contributed by atoms with van der Waals surface area (Å²) in [5.41, 5.74) is 2.02. The Morgan fingerprint density at radius 2 is 2.36 bits per heavy atom. The number of fused-ring (bicyclic) bond motifs is 1. The molecule has 2 aromatic rings. The molecule has 3 rings (SSSR count). The van der Waals surface area contributed by atoms with E-state index >= 15 is 0 Å². The summed E-state index contributed by atoms with van der Waals surface area (Å²) in [6.45, 7) is 2.82. The van der Waals surface area contributed by atoms with Gasteiger partial charge in [-0.25, -0.2) is 0 Å². The summed E-state index contributed by atoms with van der Waals surface area (Å²) < 4.78 is 11.1. The highest BCUT2D eigenvalue weighted by molar-refractivity contribution is 5.93. The van der Waals surface area contributed by atoms with E-state index in [0.717, 1.165) is 23.5 Å². The van der Waals surface area contributed by atoms with Crippen LogP contribution >= 0.6 is 0 Å². The Morgan fingerprint density at radius 3 is 3.09 bits per heavy atom. The predicted molar refractivity (Wildman–Crippen MR) is 79.1 cm³/mol. The lowest BCUT2D eigenvalue weighted by Crippen LogP contribution is -2.35. The molecule has 1 amide bonds. The molecule has 0 saturated heterocycles. The number of amides is 1. The molecular formula is C15H18N4O3. The molecule has 0 bridgehead atoms. The zero-order valence-corrected chi connectivity index (χ0v) is 12.5. The Morgan fingerprint density at radius 1 is 1.50 bits per heavy atom. The molecule has 22 heavy (non-hydrogen) atoms. The number of H-pyrrole nitrogens is 1. The fraction of sp³-hybridized carbons (Fsp3) is 0.400. The lowest BCUT2D eigenvalue weighted by atomic mass is 9.96. The summed E-state index contributed by atoms with van der Waals surface area (Å²) in [5, 5.41) is 13.0. The van der Waals surface area contributed by atoms with Gasteiger partial charge in [0.25, 0.3) is 5.91 Å². The van der Waals surface area contributed by atoms with Crippen LogP contribution in [0.1, 0.15) is 21.7 Å². The Balaban J connectivity index is 1.61. The monoisotopic (exact) mass is 302 g/mol. The van der Waals surface area contributed by atoms with Gasteiger partial charge in [-0.3, -0.25) is 4.79 Å². The maximum Gasteiger partial charge on any atom is 0.273 e. The van der Waals surface area contributed by atoms with Gasteiger partial charge >= 0.3 is 0 Å². The molecule has 1 aliphatic heterocycles. The molecule has 0 aliphatic carbocycles. The predicted octanol–water partition coefficient (Wildman–Crippen LogP) is 1.10. The zero-order valence-electron chi connectivity index (χ0n) is 12.5. The number of aromatic nitrogens is 3. The van der Waals surface area contributed by atoms with Crippen LogP contribution in [0.2, 0.25) is 0 Å². The van der Waals surface area contributed by atoms with Gasteiger partial charge in [0.1, 0.15) is 0 Å². The van der Waals surface area contributed by atoms with Gasteiger partial charge in [0.05, 0.1) is 19.4 Å². The molecule has 1 atom stereocenters. The quantitative estimate of drug-likeness (QED) is 0.883. The van der Waals surface area contributed by atoms with Gasteiger partial charge in [0.2, 0.25) is 0 Å². The number of carbonyl (C=O) groups excluding carboxylic acids is 1. The number of hydrogen-bond acceptors (Lipinski definition) is 5. The fourth-order valence-electron chi connectivity index (χ4n) is 2.57. The topological polar surface area (TPSA) is 89.1 Å². The summed E-state index contributed by atoms with van der Waals surface area (Å²) in [5.74, 6) is 1.55. The summed E-state index contributed by atoms with van der Waals surface area (Å²) in [6.07, 6.45) is 0.838. The summed E-state index contributed by atoms with van der Waals surface area (Å²) in [6, 6.07) is 5.85. The third-order valence-electron chi connectivity index (χ3n) is 3.74. The third kappa shape index (κ3) is 2.74. The molecule has 2 N–H and O–H groups in total. The summed E-state index contributed by atoms with van der Waals surface area (Å²) in [7, 11) is 1.63. The number of benzene rings is 1. The Kier molecular flexibility index (Phi) is 3.95. The van der Waals surface area contributed by atoms with Crippen LogP contribution in [0.15, 0.2) is 18.2 Å². The lowest BCUT2D eigenvalue weighted by Gasteiger charge is -2.26. The number of hydrogen-bond donors (Lipinski definition) is 2. The molecule has 0 saturated carbocycles. The van der Waals surface area contributed by atoms with Crippen molar-refractivity contribution in [3.05, 3.63) is 35.2 Å². The van der Waals surface area contributed by atoms with Crippen molar-refractivity contribution in [2.24, 2.45) is 5.92 Å². The van der Waals surface area contributed by atoms with Gasteiger partial charge in [-0.1, -0.05) is 12.1 Å². The van der Waals surface area contributed by atoms with Crippen molar-refractivity contribution in [1.29, 1.82) is 0 Å². The first-order valence-corrected chi connectivity index (χ1v) is 7.13. The summed E-state index contributed by atoms with van der Waals surface area (Å²) in [4.78, 5) is 12.0. The zero-order chi connectivity index (χ0) is 15.5. The van der Waals surface area contributed by atoms with Gasteiger partial charge in [0.15, 0.2) is 17.2 Å². The van der Waals surface area contributed by atoms with Gasteiger partial charge in [-0.2, -0.15) is 15.4 Å². The van der Waals surface area contributed by atoms with Crippen molar-refractivity contribution in [2.75, 3.05) is 20.3 Å². The fourth-order valence-corrected chi connectivity index (χ4v) is 2.57. The first kappa shape index (κ1) is 14.4. The number of nitrogens with zero attached hydrogens (tertiary/aromatic N) is 2. The van der Waals surface area contributed by atoms with Crippen molar-refractivity contribution in [1.82, 2.24) is 20.7 Å². The second-order valence-corrected chi connectivity index (χ2v) is 5.30. The van der Waals surface area contributed by atoms with Crippen molar-refractivity contribution in [3.8, 4) is 11.5 Å². The van der Waals surface area contributed by atoms with Crippen molar-refractivity contribution < 1.29 is 14.3 Å². The van der Waals surface area contributed by atoms with Crippen LogP contribution in [0.4, 0.5) is 0 Å². The molecule has 1 aliphatic rings. The standard InChI is InChI=1S/C15H18N4O3/c1-9-13(18-19-17-9)15(20)16-7-10-6-11-4-3-5-12(21-2)14(11)22-8-10/h3-5,10H,6-8H2,1-2H3,(H,16,20)(H,17,18,19). The average Bonchev–Trinajstić information content (AvgIpc) is 2.97. The highest BCUT2D eigenvalue weighted by atomic mass is 16.5. The molecule has 1 aromatic heterocycles. The van der Waals surface area contributed by atoms with E-state index in [-0.39, 0.29) is 11.8 Å². The highest BCUT2D eigenvalue weighted by Crippen LogP contribution is 2.35. The molecule has 2 heterocycles. The molecule has 0 spiro atoms. The number of nitrogens with one attached hydrogen (secondary N) is 2. The van der Waals surface area contributed by atoms with Crippen LogP contribution < -0.4 is 14.8 Å². The van der Waals surface area contributed by atoms with Crippen LogP contribution in [0, 0.1) is 12.8 Å². The SMILES string of the molecule is COc1cccc2c1OCC(CNC(=O)c1n[nH]nc1C)C2. The maximum atomic E-state index is 12.0. The smallest absolute Gasteiger partial charge is 0.273 e. The molecular weight excluding hydrogens is 284 g/mol. The number of methoxy groups -OCH3 is 1. The number of rotatable bonds is 4. The minimum Gasteiger partial charge on any atom is -0.493 e. The molecule has 7 nitrogen and oxygen atoms in total. The van der Waals surface area contributed by atoms with E-state index in [0.29, 0.717) is 24.5 Å². The van der Waals surface area contributed by atoms with E-state index in [2.05, 4.69) is 20.7 Å². The maximum absolute atomic E-state index is 12.0. The van der Waals surface area contributed by atoms with Gasteiger partial charge < -0.3 is 14.8 Å². The van der Waals surface area contributed by atoms with Gasteiger partial charge in [0, 0.05) is 12.5 Å². The molecule has 116 valence electrons. The molecule has 0 radical (unpaired) electrons. The number of aryl methyl sites for hydroxylation is 1. The third-order valence-corrected chi connectivity index (χ3v) is 3.74. The van der Waals surface area contributed by atoms with E-state index in [1.165, 1.54) is 0 Å². The largest absolute Gasteiger partial charge is 0.493 e.